The van der Waals surface area contributed by atoms with E-state index in [9.17, 15) is 0 Å². The number of rotatable bonds is 2. The van der Waals surface area contributed by atoms with Crippen molar-refractivity contribution in [2.75, 3.05) is 13.1 Å². The third-order valence-corrected chi connectivity index (χ3v) is 4.52. The third-order valence-electron chi connectivity index (χ3n) is 2.06. The van der Waals surface area contributed by atoms with Crippen LogP contribution in [0.15, 0.2) is 10.5 Å². The number of likely N-dealkylation sites (tertiary alicyclic amines) is 1. The minimum absolute atomic E-state index is 0.374. The first-order valence-corrected chi connectivity index (χ1v) is 6.05. The first kappa shape index (κ1) is 9.93. The Hall–Kier alpha value is 0.390. The summed E-state index contributed by atoms with van der Waals surface area (Å²) in [6.45, 7) is 2.99. The molecule has 1 saturated heterocycles. The molecule has 2 N–H and O–H groups in total. The van der Waals surface area contributed by atoms with Crippen molar-refractivity contribution < 1.29 is 0 Å². The molecule has 0 unspecified atom stereocenters. The van der Waals surface area contributed by atoms with E-state index in [-0.39, 0.29) is 0 Å². The molecule has 1 fully saturated rings. The highest BCUT2D eigenvalue weighted by atomic mass is 79.9. The van der Waals surface area contributed by atoms with Crippen molar-refractivity contribution in [3.05, 3.63) is 19.8 Å². The average molecular weight is 282 g/mol. The van der Waals surface area contributed by atoms with E-state index >= 15 is 0 Å². The Bertz CT molecular complexity index is 290. The number of thiophene rings is 1. The van der Waals surface area contributed by atoms with Crippen molar-refractivity contribution in [1.82, 2.24) is 4.90 Å². The molecule has 0 bridgehead atoms. The van der Waals surface area contributed by atoms with Crippen molar-refractivity contribution in [1.29, 1.82) is 0 Å². The van der Waals surface area contributed by atoms with Gasteiger partial charge in [-0.05, 0) is 22.0 Å². The Morgan fingerprint density at radius 2 is 2.38 bits per heavy atom. The quantitative estimate of drug-likeness (QED) is 0.901. The van der Waals surface area contributed by atoms with Gasteiger partial charge in [0.2, 0.25) is 0 Å². The highest BCUT2D eigenvalue weighted by molar-refractivity contribution is 9.10. The fourth-order valence-corrected chi connectivity index (χ4v) is 3.26. The van der Waals surface area contributed by atoms with Gasteiger partial charge in [-0.15, -0.1) is 11.3 Å². The van der Waals surface area contributed by atoms with Crippen molar-refractivity contribution in [3.63, 3.8) is 0 Å². The first-order valence-electron chi connectivity index (χ1n) is 4.07. The Balaban J connectivity index is 1.95. The highest BCUT2D eigenvalue weighted by Gasteiger charge is 2.23. The van der Waals surface area contributed by atoms with Gasteiger partial charge >= 0.3 is 0 Å². The van der Waals surface area contributed by atoms with Gasteiger partial charge in [-0.2, -0.15) is 0 Å². The number of nitrogens with two attached hydrogens (primary N) is 1. The van der Waals surface area contributed by atoms with Crippen molar-refractivity contribution in [2.45, 2.75) is 12.6 Å². The van der Waals surface area contributed by atoms with Crippen LogP contribution in [0.2, 0.25) is 4.34 Å². The van der Waals surface area contributed by atoms with Crippen molar-refractivity contribution >= 4 is 38.9 Å². The predicted molar refractivity (Wildman–Crippen MR) is 60.3 cm³/mol. The summed E-state index contributed by atoms with van der Waals surface area (Å²) in [4.78, 5) is 3.61. The second kappa shape index (κ2) is 3.87. The summed E-state index contributed by atoms with van der Waals surface area (Å²) in [5.41, 5.74) is 5.68. The molecule has 0 saturated carbocycles. The van der Waals surface area contributed by atoms with E-state index in [1.807, 2.05) is 0 Å². The van der Waals surface area contributed by atoms with E-state index in [0.717, 1.165) is 28.4 Å². The first-order chi connectivity index (χ1) is 6.15. The molecule has 0 radical (unpaired) electrons. The van der Waals surface area contributed by atoms with Crippen LogP contribution in [0.1, 0.15) is 4.88 Å². The lowest BCUT2D eigenvalue weighted by Crippen LogP contribution is -2.54. The van der Waals surface area contributed by atoms with Crippen molar-refractivity contribution in [2.24, 2.45) is 5.73 Å². The second-order valence-corrected chi connectivity index (χ2v) is 5.88. The van der Waals surface area contributed by atoms with Crippen LogP contribution in [-0.4, -0.2) is 24.0 Å². The van der Waals surface area contributed by atoms with Gasteiger partial charge in [0.05, 0.1) is 0 Å². The molecule has 1 aliphatic rings. The van der Waals surface area contributed by atoms with E-state index in [4.69, 9.17) is 17.3 Å². The summed E-state index contributed by atoms with van der Waals surface area (Å²) in [6, 6.07) is 2.45. The molecule has 1 aromatic rings. The molecule has 1 aliphatic heterocycles. The molecule has 72 valence electrons. The molecule has 0 spiro atoms. The van der Waals surface area contributed by atoms with Gasteiger partial charge in [-0.25, -0.2) is 0 Å². The topological polar surface area (TPSA) is 29.3 Å². The maximum atomic E-state index is 5.93. The van der Waals surface area contributed by atoms with Gasteiger partial charge in [-0.1, -0.05) is 11.6 Å². The maximum Gasteiger partial charge on any atom is 0.107 e. The molecule has 2 rings (SSSR count). The van der Waals surface area contributed by atoms with Gasteiger partial charge in [0.1, 0.15) is 4.34 Å². The fourth-order valence-electron chi connectivity index (χ4n) is 1.43. The summed E-state index contributed by atoms with van der Waals surface area (Å²) in [5, 5.41) is 0. The monoisotopic (exact) mass is 280 g/mol. The SMILES string of the molecule is NC1CN(Cc2cc(Br)c(Cl)s2)C1. The Morgan fingerprint density at radius 1 is 1.69 bits per heavy atom. The zero-order valence-electron chi connectivity index (χ0n) is 6.96. The zero-order chi connectivity index (χ0) is 9.42. The molecule has 2 heterocycles. The second-order valence-electron chi connectivity index (χ2n) is 3.29. The number of halogens is 2. The lowest BCUT2D eigenvalue weighted by Gasteiger charge is -2.36. The molecule has 1 aromatic heterocycles. The van der Waals surface area contributed by atoms with E-state index in [0.29, 0.717) is 6.04 Å². The largest absolute Gasteiger partial charge is 0.325 e. The summed E-state index contributed by atoms with van der Waals surface area (Å²) >= 11 is 11.0. The minimum atomic E-state index is 0.374. The van der Waals surface area contributed by atoms with Gasteiger partial charge < -0.3 is 5.73 Å². The van der Waals surface area contributed by atoms with Gasteiger partial charge in [0.15, 0.2) is 0 Å². The molecule has 13 heavy (non-hydrogen) atoms. The molecule has 0 aliphatic carbocycles. The van der Waals surface area contributed by atoms with Gasteiger partial charge in [-0.3, -0.25) is 4.90 Å². The van der Waals surface area contributed by atoms with Crippen LogP contribution >= 0.6 is 38.9 Å². The van der Waals surface area contributed by atoms with Crippen LogP contribution in [0.3, 0.4) is 0 Å². The number of hydrogen-bond acceptors (Lipinski definition) is 3. The van der Waals surface area contributed by atoms with Crippen LogP contribution in [0.4, 0.5) is 0 Å². The summed E-state index contributed by atoms with van der Waals surface area (Å²) in [7, 11) is 0. The zero-order valence-corrected chi connectivity index (χ0v) is 10.1. The van der Waals surface area contributed by atoms with Gasteiger partial charge in [0, 0.05) is 35.0 Å². The molecular formula is C8H10BrClN2S. The number of nitrogens with zero attached hydrogens (tertiary/aromatic N) is 1. The highest BCUT2D eigenvalue weighted by Crippen LogP contribution is 2.33. The molecular weight excluding hydrogens is 272 g/mol. The summed E-state index contributed by atoms with van der Waals surface area (Å²) in [6.07, 6.45) is 0. The lowest BCUT2D eigenvalue weighted by atomic mass is 10.1. The van der Waals surface area contributed by atoms with E-state index in [2.05, 4.69) is 26.9 Å². The molecule has 0 atom stereocenters. The standard InChI is InChI=1S/C8H10BrClN2S/c9-7-1-6(13-8(7)10)4-12-2-5(11)3-12/h1,5H,2-4,11H2. The summed E-state index contributed by atoms with van der Waals surface area (Å²) < 4.78 is 1.83. The third kappa shape index (κ3) is 2.25. The van der Waals surface area contributed by atoms with Crippen LogP contribution in [0.25, 0.3) is 0 Å². The van der Waals surface area contributed by atoms with Crippen LogP contribution in [0, 0.1) is 0 Å². The average Bonchev–Trinajstić information content (AvgIpc) is 2.28. The smallest absolute Gasteiger partial charge is 0.107 e. The fraction of sp³-hybridized carbons (Fsp3) is 0.500. The molecule has 5 heteroatoms. The Kier molecular flexibility index (Phi) is 2.95. The van der Waals surface area contributed by atoms with E-state index in [1.54, 1.807) is 11.3 Å². The molecule has 0 amide bonds. The van der Waals surface area contributed by atoms with Crippen molar-refractivity contribution in [3.8, 4) is 0 Å². The molecule has 2 nitrogen and oxygen atoms in total. The van der Waals surface area contributed by atoms with Crippen LogP contribution in [-0.2, 0) is 6.54 Å². The number of hydrogen-bond donors (Lipinski definition) is 1. The maximum absolute atomic E-state index is 5.93. The Labute approximate surface area is 94.8 Å². The van der Waals surface area contributed by atoms with E-state index in [1.165, 1.54) is 4.88 Å². The van der Waals surface area contributed by atoms with Gasteiger partial charge in [0.25, 0.3) is 0 Å². The minimum Gasteiger partial charge on any atom is -0.325 e. The predicted octanol–water partition coefficient (Wildman–Crippen LogP) is 2.31. The normalized spacial score (nSPS) is 19.0. The Morgan fingerprint density at radius 3 is 2.85 bits per heavy atom. The molecule has 0 aromatic carbocycles. The van der Waals surface area contributed by atoms with Crippen LogP contribution < -0.4 is 5.73 Å². The van der Waals surface area contributed by atoms with Crippen LogP contribution in [0.5, 0.6) is 0 Å². The van der Waals surface area contributed by atoms with E-state index < -0.39 is 0 Å². The summed E-state index contributed by atoms with van der Waals surface area (Å²) in [5.74, 6) is 0. The lowest BCUT2D eigenvalue weighted by molar-refractivity contribution is 0.144.